The van der Waals surface area contributed by atoms with Crippen molar-refractivity contribution in [2.45, 2.75) is 46.1 Å². The molecule has 0 unspecified atom stereocenters. The molecule has 0 saturated carbocycles. The Morgan fingerprint density at radius 2 is 1.96 bits per heavy atom. The van der Waals surface area contributed by atoms with E-state index in [9.17, 15) is 9.59 Å². The van der Waals surface area contributed by atoms with Gasteiger partial charge < -0.3 is 14.6 Å². The third kappa shape index (κ3) is 6.02. The van der Waals surface area contributed by atoms with Gasteiger partial charge in [-0.2, -0.15) is 0 Å². The largest absolute Gasteiger partial charge is 0.441 e. The molecule has 0 fully saturated rings. The molecule has 0 bridgehead atoms. The Hall–Kier alpha value is -2.63. The van der Waals surface area contributed by atoms with Crippen molar-refractivity contribution in [3.8, 4) is 11.3 Å². The molecule has 2 aromatic rings. The lowest BCUT2D eigenvalue weighted by Gasteiger charge is -2.21. The molecule has 0 aliphatic rings. The molecule has 1 N–H and O–H groups in total. The number of amides is 2. The number of aromatic nitrogens is 1. The first-order valence-corrected chi connectivity index (χ1v) is 9.06. The minimum Gasteiger partial charge on any atom is -0.441 e. The Morgan fingerprint density at radius 1 is 1.23 bits per heavy atom. The van der Waals surface area contributed by atoms with E-state index in [-0.39, 0.29) is 24.4 Å². The quantitative estimate of drug-likeness (QED) is 0.748. The summed E-state index contributed by atoms with van der Waals surface area (Å²) < 4.78 is 5.75. The standard InChI is InChI=1S/C20H27N3O3/c1-4-23(14-18(24)22-15(2)3)20(25)12-8-11-19-21-13-17(26-19)16-9-6-5-7-10-16/h5-7,9-10,13,15H,4,8,11-12,14H2,1-3H3,(H,22,24). The first-order chi connectivity index (χ1) is 12.5. The van der Waals surface area contributed by atoms with E-state index < -0.39 is 0 Å². The van der Waals surface area contributed by atoms with Gasteiger partial charge in [0.25, 0.3) is 0 Å². The highest BCUT2D eigenvalue weighted by Crippen LogP contribution is 2.20. The first kappa shape index (κ1) is 19.7. The van der Waals surface area contributed by atoms with Crippen LogP contribution in [0.4, 0.5) is 0 Å². The zero-order valence-electron chi connectivity index (χ0n) is 15.7. The normalized spacial score (nSPS) is 10.8. The monoisotopic (exact) mass is 357 g/mol. The van der Waals surface area contributed by atoms with Gasteiger partial charge in [0, 0.05) is 31.0 Å². The lowest BCUT2D eigenvalue weighted by molar-refractivity contribution is -0.136. The molecule has 26 heavy (non-hydrogen) atoms. The van der Waals surface area contributed by atoms with Crippen LogP contribution in [0.1, 0.15) is 39.5 Å². The summed E-state index contributed by atoms with van der Waals surface area (Å²) in [5.41, 5.74) is 0.982. The van der Waals surface area contributed by atoms with Crippen molar-refractivity contribution in [3.05, 3.63) is 42.4 Å². The summed E-state index contributed by atoms with van der Waals surface area (Å²) in [6.07, 6.45) is 3.30. The summed E-state index contributed by atoms with van der Waals surface area (Å²) in [5, 5.41) is 2.80. The molecule has 0 aliphatic heterocycles. The fourth-order valence-corrected chi connectivity index (χ4v) is 2.63. The summed E-state index contributed by atoms with van der Waals surface area (Å²) in [7, 11) is 0. The fraction of sp³-hybridized carbons (Fsp3) is 0.450. The molecule has 0 saturated heterocycles. The van der Waals surface area contributed by atoms with Crippen LogP contribution in [0.3, 0.4) is 0 Å². The molecule has 1 aromatic carbocycles. The number of likely N-dealkylation sites (N-methyl/N-ethyl adjacent to an activating group) is 1. The molecule has 1 heterocycles. The number of carbonyl (C=O) groups is 2. The van der Waals surface area contributed by atoms with Crippen LogP contribution in [-0.4, -0.2) is 40.8 Å². The van der Waals surface area contributed by atoms with Gasteiger partial charge in [0.05, 0.1) is 12.7 Å². The molecule has 6 heteroatoms. The Morgan fingerprint density at radius 3 is 2.62 bits per heavy atom. The van der Waals surface area contributed by atoms with Crippen LogP contribution < -0.4 is 5.32 Å². The molecule has 0 atom stereocenters. The minimum absolute atomic E-state index is 0.0266. The molecule has 2 rings (SSSR count). The van der Waals surface area contributed by atoms with Gasteiger partial charge in [-0.15, -0.1) is 0 Å². The second-order valence-electron chi connectivity index (χ2n) is 6.47. The highest BCUT2D eigenvalue weighted by atomic mass is 16.4. The lowest BCUT2D eigenvalue weighted by atomic mass is 10.2. The van der Waals surface area contributed by atoms with Gasteiger partial charge in [0.1, 0.15) is 0 Å². The summed E-state index contributed by atoms with van der Waals surface area (Å²) in [6.45, 7) is 6.29. The first-order valence-electron chi connectivity index (χ1n) is 9.06. The average Bonchev–Trinajstić information content (AvgIpc) is 3.08. The van der Waals surface area contributed by atoms with Crippen LogP contribution in [-0.2, 0) is 16.0 Å². The van der Waals surface area contributed by atoms with Crippen LogP contribution >= 0.6 is 0 Å². The topological polar surface area (TPSA) is 75.4 Å². The van der Waals surface area contributed by atoms with Gasteiger partial charge >= 0.3 is 0 Å². The average molecular weight is 357 g/mol. The van der Waals surface area contributed by atoms with E-state index in [0.717, 1.165) is 11.3 Å². The predicted octanol–water partition coefficient (Wildman–Crippen LogP) is 3.04. The van der Waals surface area contributed by atoms with Gasteiger partial charge in [-0.05, 0) is 27.2 Å². The van der Waals surface area contributed by atoms with E-state index in [4.69, 9.17) is 4.42 Å². The molecule has 0 radical (unpaired) electrons. The molecule has 1 aromatic heterocycles. The van der Waals surface area contributed by atoms with Crippen LogP contribution in [0.15, 0.2) is 40.9 Å². The van der Waals surface area contributed by atoms with Crippen LogP contribution in [0.5, 0.6) is 0 Å². The van der Waals surface area contributed by atoms with Crippen molar-refractivity contribution >= 4 is 11.8 Å². The second-order valence-corrected chi connectivity index (χ2v) is 6.47. The summed E-state index contributed by atoms with van der Waals surface area (Å²) in [5.74, 6) is 1.20. The van der Waals surface area contributed by atoms with Crippen molar-refractivity contribution in [2.75, 3.05) is 13.1 Å². The fourth-order valence-electron chi connectivity index (χ4n) is 2.63. The maximum atomic E-state index is 12.3. The molecular formula is C20H27N3O3. The summed E-state index contributed by atoms with van der Waals surface area (Å²) >= 11 is 0. The Bertz CT molecular complexity index is 710. The van der Waals surface area contributed by atoms with E-state index in [0.29, 0.717) is 31.7 Å². The third-order valence-electron chi connectivity index (χ3n) is 3.91. The molecule has 0 spiro atoms. The van der Waals surface area contributed by atoms with E-state index >= 15 is 0 Å². The number of aryl methyl sites for hydroxylation is 1. The molecule has 140 valence electrons. The van der Waals surface area contributed by atoms with Crippen molar-refractivity contribution < 1.29 is 14.0 Å². The van der Waals surface area contributed by atoms with Gasteiger partial charge in [-0.25, -0.2) is 4.98 Å². The zero-order chi connectivity index (χ0) is 18.9. The number of carbonyl (C=O) groups excluding carboxylic acids is 2. The Labute approximate surface area is 154 Å². The van der Waals surface area contributed by atoms with Crippen LogP contribution in [0.2, 0.25) is 0 Å². The van der Waals surface area contributed by atoms with E-state index in [2.05, 4.69) is 10.3 Å². The second kappa shape index (κ2) is 9.75. The highest BCUT2D eigenvalue weighted by molar-refractivity contribution is 5.84. The van der Waals surface area contributed by atoms with Crippen molar-refractivity contribution in [2.24, 2.45) is 0 Å². The zero-order valence-corrected chi connectivity index (χ0v) is 15.7. The number of oxazole rings is 1. The summed E-state index contributed by atoms with van der Waals surface area (Å²) in [4.78, 5) is 30.0. The molecule has 6 nitrogen and oxygen atoms in total. The number of nitrogens with zero attached hydrogens (tertiary/aromatic N) is 2. The number of hydrogen-bond donors (Lipinski definition) is 1. The van der Waals surface area contributed by atoms with Crippen LogP contribution in [0, 0.1) is 0 Å². The molecular weight excluding hydrogens is 330 g/mol. The number of hydrogen-bond acceptors (Lipinski definition) is 4. The Balaban J connectivity index is 1.80. The molecule has 2 amide bonds. The van der Waals surface area contributed by atoms with Crippen molar-refractivity contribution in [3.63, 3.8) is 0 Å². The number of benzene rings is 1. The van der Waals surface area contributed by atoms with Crippen molar-refractivity contribution in [1.29, 1.82) is 0 Å². The highest BCUT2D eigenvalue weighted by Gasteiger charge is 2.16. The SMILES string of the molecule is CCN(CC(=O)NC(C)C)C(=O)CCCc1ncc(-c2ccccc2)o1. The maximum Gasteiger partial charge on any atom is 0.239 e. The van der Waals surface area contributed by atoms with Gasteiger partial charge in [-0.3, -0.25) is 9.59 Å². The van der Waals surface area contributed by atoms with E-state index in [1.165, 1.54) is 0 Å². The van der Waals surface area contributed by atoms with Crippen molar-refractivity contribution in [1.82, 2.24) is 15.2 Å². The van der Waals surface area contributed by atoms with Gasteiger partial charge in [0.2, 0.25) is 11.8 Å². The number of rotatable bonds is 9. The molecule has 0 aliphatic carbocycles. The lowest BCUT2D eigenvalue weighted by Crippen LogP contribution is -2.42. The van der Waals surface area contributed by atoms with Crippen LogP contribution in [0.25, 0.3) is 11.3 Å². The third-order valence-corrected chi connectivity index (χ3v) is 3.91. The van der Waals surface area contributed by atoms with Gasteiger partial charge in [-0.1, -0.05) is 30.3 Å². The number of nitrogens with one attached hydrogen (secondary N) is 1. The smallest absolute Gasteiger partial charge is 0.239 e. The van der Waals surface area contributed by atoms with Gasteiger partial charge in [0.15, 0.2) is 11.7 Å². The summed E-state index contributed by atoms with van der Waals surface area (Å²) in [6, 6.07) is 9.85. The van der Waals surface area contributed by atoms with E-state index in [1.807, 2.05) is 51.1 Å². The minimum atomic E-state index is -0.129. The maximum absolute atomic E-state index is 12.3. The van der Waals surface area contributed by atoms with E-state index in [1.54, 1.807) is 11.1 Å². The Kier molecular flexibility index (Phi) is 7.38. The predicted molar refractivity (Wildman–Crippen MR) is 100 cm³/mol.